The van der Waals surface area contributed by atoms with Crippen molar-refractivity contribution in [3.63, 3.8) is 0 Å². The van der Waals surface area contributed by atoms with Gasteiger partial charge in [0.05, 0.1) is 5.69 Å². The van der Waals surface area contributed by atoms with E-state index >= 15 is 0 Å². The Morgan fingerprint density at radius 3 is 2.52 bits per heavy atom. The van der Waals surface area contributed by atoms with E-state index in [9.17, 15) is 0 Å². The molecule has 1 fully saturated rings. The van der Waals surface area contributed by atoms with E-state index in [0.29, 0.717) is 12.0 Å². The van der Waals surface area contributed by atoms with E-state index < -0.39 is 0 Å². The third kappa shape index (κ3) is 4.19. The first kappa shape index (κ1) is 16.8. The highest BCUT2D eigenvalue weighted by Gasteiger charge is 2.25. The molecule has 1 heterocycles. The standard InChI is InChI=1S/C17H31N3S/c1-6-18-11-15-16(12(2)3)19-17(21-15)20(5)14-9-7-13(4)8-10-14/h12-14,18H,6-11H2,1-5H3. The number of anilines is 1. The molecule has 0 saturated heterocycles. The Balaban J connectivity index is 2.11. The summed E-state index contributed by atoms with van der Waals surface area (Å²) in [6.45, 7) is 11.0. The van der Waals surface area contributed by atoms with Crippen LogP contribution in [0.4, 0.5) is 5.13 Å². The second kappa shape index (κ2) is 7.59. The van der Waals surface area contributed by atoms with Gasteiger partial charge >= 0.3 is 0 Å². The van der Waals surface area contributed by atoms with Gasteiger partial charge in [0.2, 0.25) is 0 Å². The molecule has 1 aliphatic rings. The van der Waals surface area contributed by atoms with Crippen molar-refractivity contribution in [3.8, 4) is 0 Å². The summed E-state index contributed by atoms with van der Waals surface area (Å²) in [4.78, 5) is 8.82. The summed E-state index contributed by atoms with van der Waals surface area (Å²) in [6.07, 6.45) is 5.36. The summed E-state index contributed by atoms with van der Waals surface area (Å²) in [6, 6.07) is 0.680. The molecule has 3 nitrogen and oxygen atoms in total. The van der Waals surface area contributed by atoms with Gasteiger partial charge in [0.15, 0.2) is 5.13 Å². The summed E-state index contributed by atoms with van der Waals surface area (Å²) in [5.41, 5.74) is 1.28. The van der Waals surface area contributed by atoms with Crippen molar-refractivity contribution in [2.75, 3.05) is 18.5 Å². The summed E-state index contributed by atoms with van der Waals surface area (Å²) in [5.74, 6) is 1.41. The van der Waals surface area contributed by atoms with Gasteiger partial charge < -0.3 is 10.2 Å². The van der Waals surface area contributed by atoms with Gasteiger partial charge in [0.1, 0.15) is 0 Å². The third-order valence-corrected chi connectivity index (χ3v) is 5.80. The second-order valence-corrected chi connectivity index (χ2v) is 7.83. The minimum absolute atomic E-state index is 0.503. The number of rotatable bonds is 6. The molecule has 0 bridgehead atoms. The number of hydrogen-bond donors (Lipinski definition) is 1. The smallest absolute Gasteiger partial charge is 0.185 e. The van der Waals surface area contributed by atoms with Crippen LogP contribution in [-0.2, 0) is 6.54 Å². The normalized spacial score (nSPS) is 22.8. The number of aromatic nitrogens is 1. The lowest BCUT2D eigenvalue weighted by Crippen LogP contribution is -2.34. The molecular weight excluding hydrogens is 278 g/mol. The number of hydrogen-bond acceptors (Lipinski definition) is 4. The van der Waals surface area contributed by atoms with Crippen molar-refractivity contribution in [1.82, 2.24) is 10.3 Å². The Labute approximate surface area is 134 Å². The highest BCUT2D eigenvalue weighted by atomic mass is 32.1. The fourth-order valence-electron chi connectivity index (χ4n) is 3.10. The Bertz CT molecular complexity index is 433. The first-order chi connectivity index (χ1) is 10.0. The Hall–Kier alpha value is -0.610. The van der Waals surface area contributed by atoms with Crippen LogP contribution in [0.2, 0.25) is 0 Å². The molecule has 21 heavy (non-hydrogen) atoms. The first-order valence-corrected chi connectivity index (χ1v) is 9.27. The van der Waals surface area contributed by atoms with Crippen LogP contribution in [0.3, 0.4) is 0 Å². The molecule has 0 atom stereocenters. The van der Waals surface area contributed by atoms with E-state index in [1.165, 1.54) is 41.4 Å². The van der Waals surface area contributed by atoms with Gasteiger partial charge in [-0.15, -0.1) is 11.3 Å². The average Bonchev–Trinajstić information content (AvgIpc) is 2.89. The van der Waals surface area contributed by atoms with Gasteiger partial charge in [-0.2, -0.15) is 0 Å². The lowest BCUT2D eigenvalue weighted by Gasteiger charge is -2.33. The Morgan fingerprint density at radius 2 is 1.95 bits per heavy atom. The lowest BCUT2D eigenvalue weighted by atomic mass is 9.87. The van der Waals surface area contributed by atoms with Crippen LogP contribution in [0.5, 0.6) is 0 Å². The Kier molecular flexibility index (Phi) is 6.06. The molecule has 1 aromatic heterocycles. The Morgan fingerprint density at radius 1 is 1.29 bits per heavy atom. The fraction of sp³-hybridized carbons (Fsp3) is 0.824. The first-order valence-electron chi connectivity index (χ1n) is 8.46. The number of nitrogens with one attached hydrogen (secondary N) is 1. The predicted molar refractivity (Wildman–Crippen MR) is 93.4 cm³/mol. The van der Waals surface area contributed by atoms with E-state index in [1.807, 2.05) is 11.3 Å². The van der Waals surface area contributed by atoms with E-state index in [0.717, 1.165) is 19.0 Å². The molecule has 0 unspecified atom stereocenters. The third-order valence-electron chi connectivity index (χ3n) is 4.63. The van der Waals surface area contributed by atoms with Gasteiger partial charge in [-0.3, -0.25) is 0 Å². The zero-order valence-corrected chi connectivity index (χ0v) is 15.1. The molecule has 1 aliphatic carbocycles. The van der Waals surface area contributed by atoms with E-state index in [-0.39, 0.29) is 0 Å². The number of thiazole rings is 1. The molecule has 0 amide bonds. The molecule has 1 N–H and O–H groups in total. The number of nitrogens with zero attached hydrogens (tertiary/aromatic N) is 2. The van der Waals surface area contributed by atoms with Crippen LogP contribution in [0.15, 0.2) is 0 Å². The molecule has 0 aromatic carbocycles. The van der Waals surface area contributed by atoms with Gasteiger partial charge in [-0.05, 0) is 44.1 Å². The van der Waals surface area contributed by atoms with Crippen LogP contribution >= 0.6 is 11.3 Å². The monoisotopic (exact) mass is 309 g/mol. The van der Waals surface area contributed by atoms with E-state index in [4.69, 9.17) is 4.98 Å². The van der Waals surface area contributed by atoms with Crippen molar-refractivity contribution < 1.29 is 0 Å². The van der Waals surface area contributed by atoms with Crippen molar-refractivity contribution in [3.05, 3.63) is 10.6 Å². The maximum Gasteiger partial charge on any atom is 0.185 e. The highest BCUT2D eigenvalue weighted by molar-refractivity contribution is 7.15. The van der Waals surface area contributed by atoms with Crippen molar-refractivity contribution >= 4 is 16.5 Å². The van der Waals surface area contributed by atoms with Gasteiger partial charge in [0.25, 0.3) is 0 Å². The molecule has 120 valence electrons. The predicted octanol–water partition coefficient (Wildman–Crippen LogP) is 4.39. The summed E-state index contributed by atoms with van der Waals surface area (Å²) in [5, 5.41) is 4.66. The molecule has 1 saturated carbocycles. The second-order valence-electron chi connectivity index (χ2n) is 6.76. The maximum absolute atomic E-state index is 4.96. The molecule has 0 aliphatic heterocycles. The summed E-state index contributed by atoms with van der Waals surface area (Å²) >= 11 is 1.88. The van der Waals surface area contributed by atoms with Crippen LogP contribution in [0, 0.1) is 5.92 Å². The van der Waals surface area contributed by atoms with Crippen LogP contribution in [0.1, 0.15) is 69.9 Å². The van der Waals surface area contributed by atoms with Crippen molar-refractivity contribution in [2.24, 2.45) is 5.92 Å². The quantitative estimate of drug-likeness (QED) is 0.844. The molecule has 4 heteroatoms. The minimum Gasteiger partial charge on any atom is -0.348 e. The fourth-order valence-corrected chi connectivity index (χ4v) is 4.32. The van der Waals surface area contributed by atoms with E-state index in [2.05, 4.69) is 45.0 Å². The highest BCUT2D eigenvalue weighted by Crippen LogP contribution is 2.34. The van der Waals surface area contributed by atoms with Crippen molar-refractivity contribution in [2.45, 2.75) is 71.9 Å². The molecule has 0 spiro atoms. The topological polar surface area (TPSA) is 28.2 Å². The zero-order chi connectivity index (χ0) is 15.4. The largest absolute Gasteiger partial charge is 0.348 e. The molecule has 2 rings (SSSR count). The lowest BCUT2D eigenvalue weighted by molar-refractivity contribution is 0.340. The summed E-state index contributed by atoms with van der Waals surface area (Å²) in [7, 11) is 2.24. The van der Waals surface area contributed by atoms with Crippen LogP contribution < -0.4 is 10.2 Å². The molecular formula is C17H31N3S. The van der Waals surface area contributed by atoms with E-state index in [1.54, 1.807) is 0 Å². The zero-order valence-electron chi connectivity index (χ0n) is 14.3. The van der Waals surface area contributed by atoms with Gasteiger partial charge in [-0.25, -0.2) is 4.98 Å². The summed E-state index contributed by atoms with van der Waals surface area (Å²) < 4.78 is 0. The van der Waals surface area contributed by atoms with Gasteiger partial charge in [-0.1, -0.05) is 27.7 Å². The van der Waals surface area contributed by atoms with Crippen LogP contribution in [-0.4, -0.2) is 24.6 Å². The molecule has 0 radical (unpaired) electrons. The molecule has 1 aromatic rings. The van der Waals surface area contributed by atoms with Gasteiger partial charge in [0, 0.05) is 24.5 Å². The minimum atomic E-state index is 0.503. The SMILES string of the molecule is CCNCc1sc(N(C)C2CCC(C)CC2)nc1C(C)C. The maximum atomic E-state index is 4.96. The average molecular weight is 310 g/mol. The van der Waals surface area contributed by atoms with Crippen LogP contribution in [0.25, 0.3) is 0 Å². The van der Waals surface area contributed by atoms with Crippen molar-refractivity contribution in [1.29, 1.82) is 0 Å².